The number of rotatable bonds is 1. The maximum Gasteiger partial charge on any atom is 0.357 e. The van der Waals surface area contributed by atoms with Gasteiger partial charge in [-0.25, -0.2) is 9.78 Å². The molecule has 82 valence electrons. The number of fused-ring (bicyclic) bond motifs is 1. The molecule has 2 aromatic rings. The first-order valence-electron chi connectivity index (χ1n) is 4.95. The molecule has 0 fully saturated rings. The number of aryl methyl sites for hydroxylation is 2. The summed E-state index contributed by atoms with van der Waals surface area (Å²) in [6, 6.07) is 3.80. The molecule has 0 aliphatic carbocycles. The fourth-order valence-electron chi connectivity index (χ4n) is 1.72. The van der Waals surface area contributed by atoms with Crippen LogP contribution in [0, 0.1) is 13.8 Å². The van der Waals surface area contributed by atoms with E-state index in [9.17, 15) is 4.79 Å². The Kier molecular flexibility index (Phi) is 2.56. The number of pyridine rings is 2. The lowest BCUT2D eigenvalue weighted by Crippen LogP contribution is -2.09. The minimum absolute atomic E-state index is 0.339. The number of aromatic nitrogens is 2. The molecule has 0 amide bonds. The van der Waals surface area contributed by atoms with E-state index < -0.39 is 5.97 Å². The molecular weight excluding hydrogens is 204 g/mol. The van der Waals surface area contributed by atoms with Gasteiger partial charge in [0.1, 0.15) is 0 Å². The second-order valence-corrected chi connectivity index (χ2v) is 3.56. The molecule has 0 radical (unpaired) electrons. The van der Waals surface area contributed by atoms with Crippen LogP contribution in [0.15, 0.2) is 18.3 Å². The first kappa shape index (κ1) is 10.5. The normalized spacial score (nSPS) is 10.4. The average Bonchev–Trinajstić information content (AvgIpc) is 2.33. The number of carbonyl (C=O) groups excluding carboxylic acids is 1. The molecule has 0 aliphatic heterocycles. The van der Waals surface area contributed by atoms with Crippen molar-refractivity contribution in [1.29, 1.82) is 0 Å². The van der Waals surface area contributed by atoms with E-state index in [4.69, 9.17) is 4.74 Å². The van der Waals surface area contributed by atoms with E-state index in [1.165, 1.54) is 7.11 Å². The molecule has 2 aromatic heterocycles. The van der Waals surface area contributed by atoms with Crippen molar-refractivity contribution >= 4 is 16.9 Å². The monoisotopic (exact) mass is 216 g/mol. The number of esters is 1. The van der Waals surface area contributed by atoms with Crippen LogP contribution in [0.2, 0.25) is 0 Å². The van der Waals surface area contributed by atoms with Crippen LogP contribution in [0.3, 0.4) is 0 Å². The third-order valence-corrected chi connectivity index (χ3v) is 2.57. The van der Waals surface area contributed by atoms with Crippen molar-refractivity contribution in [3.8, 4) is 0 Å². The van der Waals surface area contributed by atoms with Crippen molar-refractivity contribution in [1.82, 2.24) is 9.97 Å². The molecule has 0 spiro atoms. The summed E-state index contributed by atoms with van der Waals surface area (Å²) in [7, 11) is 1.35. The van der Waals surface area contributed by atoms with Crippen molar-refractivity contribution in [3.63, 3.8) is 0 Å². The first-order chi connectivity index (χ1) is 7.65. The Bertz CT molecular complexity index is 564. The predicted octanol–water partition coefficient (Wildman–Crippen LogP) is 2.03. The Hall–Kier alpha value is -1.97. The van der Waals surface area contributed by atoms with E-state index in [0.717, 1.165) is 22.2 Å². The molecule has 0 saturated carbocycles. The van der Waals surface area contributed by atoms with E-state index in [1.54, 1.807) is 6.20 Å². The Morgan fingerprint density at radius 1 is 1.38 bits per heavy atom. The van der Waals surface area contributed by atoms with Crippen molar-refractivity contribution < 1.29 is 9.53 Å². The zero-order valence-electron chi connectivity index (χ0n) is 9.44. The van der Waals surface area contributed by atoms with Gasteiger partial charge in [-0.15, -0.1) is 0 Å². The summed E-state index contributed by atoms with van der Waals surface area (Å²) in [5.41, 5.74) is 2.68. The van der Waals surface area contributed by atoms with Gasteiger partial charge in [0.2, 0.25) is 0 Å². The SMILES string of the molecule is COC(=O)c1nc(C)c2cccnc2c1C. The topological polar surface area (TPSA) is 52.1 Å². The van der Waals surface area contributed by atoms with E-state index in [-0.39, 0.29) is 0 Å². The minimum Gasteiger partial charge on any atom is -0.464 e. The maximum atomic E-state index is 11.5. The molecule has 0 saturated heterocycles. The van der Waals surface area contributed by atoms with Gasteiger partial charge in [-0.1, -0.05) is 0 Å². The standard InChI is InChI=1S/C12H12N2O2/c1-7-10-9(5-4-6-13-10)8(2)14-11(7)12(15)16-3/h4-6H,1-3H3. The van der Waals surface area contributed by atoms with Crippen LogP contribution in [0.1, 0.15) is 21.7 Å². The van der Waals surface area contributed by atoms with Crippen LogP contribution in [-0.4, -0.2) is 23.0 Å². The molecule has 2 rings (SSSR count). The zero-order valence-corrected chi connectivity index (χ0v) is 9.44. The van der Waals surface area contributed by atoms with Gasteiger partial charge in [0, 0.05) is 22.8 Å². The van der Waals surface area contributed by atoms with Gasteiger partial charge in [-0.3, -0.25) is 4.98 Å². The van der Waals surface area contributed by atoms with E-state index >= 15 is 0 Å². The number of nitrogens with zero attached hydrogens (tertiary/aromatic N) is 2. The van der Waals surface area contributed by atoms with Gasteiger partial charge in [-0.2, -0.15) is 0 Å². The lowest BCUT2D eigenvalue weighted by molar-refractivity contribution is 0.0593. The quantitative estimate of drug-likeness (QED) is 0.684. The summed E-state index contributed by atoms with van der Waals surface area (Å²) < 4.78 is 4.69. The summed E-state index contributed by atoms with van der Waals surface area (Å²) in [6.45, 7) is 3.68. The van der Waals surface area contributed by atoms with Crippen LogP contribution in [0.5, 0.6) is 0 Å². The number of methoxy groups -OCH3 is 1. The summed E-state index contributed by atoms with van der Waals surface area (Å²) >= 11 is 0. The van der Waals surface area contributed by atoms with E-state index in [0.29, 0.717) is 5.69 Å². The van der Waals surface area contributed by atoms with Crippen LogP contribution in [-0.2, 0) is 4.74 Å². The van der Waals surface area contributed by atoms with Gasteiger partial charge < -0.3 is 4.74 Å². The van der Waals surface area contributed by atoms with E-state index in [1.807, 2.05) is 26.0 Å². The highest BCUT2D eigenvalue weighted by molar-refractivity contribution is 5.95. The Labute approximate surface area is 93.3 Å². The molecular formula is C12H12N2O2. The third-order valence-electron chi connectivity index (χ3n) is 2.57. The molecule has 0 unspecified atom stereocenters. The largest absolute Gasteiger partial charge is 0.464 e. The van der Waals surface area contributed by atoms with E-state index in [2.05, 4.69) is 9.97 Å². The number of carbonyl (C=O) groups is 1. The number of hydrogen-bond donors (Lipinski definition) is 0. The Morgan fingerprint density at radius 3 is 2.81 bits per heavy atom. The van der Waals surface area contributed by atoms with Gasteiger partial charge in [0.25, 0.3) is 0 Å². The highest BCUT2D eigenvalue weighted by Gasteiger charge is 2.15. The summed E-state index contributed by atoms with van der Waals surface area (Å²) in [5, 5.41) is 0.965. The summed E-state index contributed by atoms with van der Waals surface area (Å²) in [5.74, 6) is -0.423. The lowest BCUT2D eigenvalue weighted by atomic mass is 10.1. The molecule has 0 bridgehead atoms. The summed E-state index contributed by atoms with van der Waals surface area (Å²) in [4.78, 5) is 20.0. The fourth-order valence-corrected chi connectivity index (χ4v) is 1.72. The minimum atomic E-state index is -0.423. The molecule has 2 heterocycles. The second-order valence-electron chi connectivity index (χ2n) is 3.56. The third kappa shape index (κ3) is 1.52. The van der Waals surface area contributed by atoms with Crippen LogP contribution in [0.25, 0.3) is 10.9 Å². The van der Waals surface area contributed by atoms with Crippen molar-refractivity contribution in [2.24, 2.45) is 0 Å². The Morgan fingerprint density at radius 2 is 2.12 bits per heavy atom. The molecule has 0 N–H and O–H groups in total. The second kappa shape index (κ2) is 3.89. The zero-order chi connectivity index (χ0) is 11.7. The predicted molar refractivity (Wildman–Crippen MR) is 60.4 cm³/mol. The molecule has 16 heavy (non-hydrogen) atoms. The van der Waals surface area contributed by atoms with Crippen molar-refractivity contribution in [2.75, 3.05) is 7.11 Å². The molecule has 4 heteroatoms. The van der Waals surface area contributed by atoms with Gasteiger partial charge in [0.05, 0.1) is 12.6 Å². The molecule has 0 aromatic carbocycles. The molecule has 0 atom stereocenters. The van der Waals surface area contributed by atoms with Crippen LogP contribution >= 0.6 is 0 Å². The summed E-state index contributed by atoms with van der Waals surface area (Å²) in [6.07, 6.45) is 1.70. The van der Waals surface area contributed by atoms with Gasteiger partial charge >= 0.3 is 5.97 Å². The van der Waals surface area contributed by atoms with Gasteiger partial charge in [-0.05, 0) is 26.0 Å². The average molecular weight is 216 g/mol. The smallest absolute Gasteiger partial charge is 0.357 e. The number of ether oxygens (including phenoxy) is 1. The van der Waals surface area contributed by atoms with Crippen molar-refractivity contribution in [3.05, 3.63) is 35.3 Å². The maximum absolute atomic E-state index is 11.5. The van der Waals surface area contributed by atoms with Crippen molar-refractivity contribution in [2.45, 2.75) is 13.8 Å². The Balaban J connectivity index is 2.80. The number of hydrogen-bond acceptors (Lipinski definition) is 4. The highest BCUT2D eigenvalue weighted by atomic mass is 16.5. The van der Waals surface area contributed by atoms with Crippen LogP contribution in [0.4, 0.5) is 0 Å². The molecule has 0 aliphatic rings. The fraction of sp³-hybridized carbons (Fsp3) is 0.250. The molecule has 4 nitrogen and oxygen atoms in total. The first-order valence-corrected chi connectivity index (χ1v) is 4.95. The highest BCUT2D eigenvalue weighted by Crippen LogP contribution is 2.21. The van der Waals surface area contributed by atoms with Crippen LogP contribution < -0.4 is 0 Å². The van der Waals surface area contributed by atoms with Gasteiger partial charge in [0.15, 0.2) is 5.69 Å². The lowest BCUT2D eigenvalue weighted by Gasteiger charge is -2.08.